The first kappa shape index (κ1) is 14.0. The molecule has 4 nitrogen and oxygen atoms in total. The maximum absolute atomic E-state index is 12.3. The SMILES string of the molecule is CN(C)C1(CNc2ccc(C(F)(F)F)nn2)CCC1. The van der Waals surface area contributed by atoms with Gasteiger partial charge in [-0.2, -0.15) is 13.2 Å². The molecule has 0 radical (unpaired) electrons. The Bertz CT molecular complexity index is 424. The fraction of sp³-hybridized carbons (Fsp3) is 0.667. The number of aromatic nitrogens is 2. The van der Waals surface area contributed by atoms with Gasteiger partial charge in [-0.1, -0.05) is 0 Å². The summed E-state index contributed by atoms with van der Waals surface area (Å²) < 4.78 is 37.0. The van der Waals surface area contributed by atoms with E-state index in [0.29, 0.717) is 12.4 Å². The predicted octanol–water partition coefficient (Wildman–Crippen LogP) is 2.39. The van der Waals surface area contributed by atoms with Crippen LogP contribution in [0.3, 0.4) is 0 Å². The van der Waals surface area contributed by atoms with Crippen LogP contribution in [-0.4, -0.2) is 41.3 Å². The number of nitrogens with zero attached hydrogens (tertiary/aromatic N) is 3. The summed E-state index contributed by atoms with van der Waals surface area (Å²) in [7, 11) is 4.03. The highest BCUT2D eigenvalue weighted by molar-refractivity contribution is 5.34. The standard InChI is InChI=1S/C12H17F3N4/c1-19(2)11(6-3-7-11)8-16-10-5-4-9(17-18-10)12(13,14)15/h4-5H,3,6-8H2,1-2H3,(H,16,18). The molecule has 0 bridgehead atoms. The molecule has 1 aliphatic carbocycles. The van der Waals surface area contributed by atoms with Crippen molar-refractivity contribution in [3.05, 3.63) is 17.8 Å². The van der Waals surface area contributed by atoms with Gasteiger partial charge in [-0.25, -0.2) is 0 Å². The third kappa shape index (κ3) is 2.97. The normalized spacial score (nSPS) is 18.2. The largest absolute Gasteiger partial charge is 0.435 e. The van der Waals surface area contributed by atoms with E-state index in [1.54, 1.807) is 0 Å². The van der Waals surface area contributed by atoms with Gasteiger partial charge in [-0.15, -0.1) is 10.2 Å². The second-order valence-electron chi connectivity index (χ2n) is 5.13. The molecule has 0 amide bonds. The third-order valence-electron chi connectivity index (χ3n) is 3.79. The maximum atomic E-state index is 12.3. The molecule has 0 atom stereocenters. The summed E-state index contributed by atoms with van der Waals surface area (Å²) in [6.45, 7) is 0.667. The fourth-order valence-corrected chi connectivity index (χ4v) is 2.20. The number of halogens is 3. The molecule has 1 aromatic rings. The summed E-state index contributed by atoms with van der Waals surface area (Å²) in [6.07, 6.45) is -1.09. The lowest BCUT2D eigenvalue weighted by Gasteiger charge is -2.47. The third-order valence-corrected chi connectivity index (χ3v) is 3.79. The number of alkyl halides is 3. The summed E-state index contributed by atoms with van der Waals surface area (Å²) in [6, 6.07) is 2.26. The van der Waals surface area contributed by atoms with Gasteiger partial charge in [0.15, 0.2) is 5.69 Å². The Balaban J connectivity index is 1.97. The lowest BCUT2D eigenvalue weighted by molar-refractivity contribution is -0.141. The summed E-state index contributed by atoms with van der Waals surface area (Å²) >= 11 is 0. The molecule has 0 spiro atoms. The van der Waals surface area contributed by atoms with Gasteiger partial charge in [0.05, 0.1) is 0 Å². The van der Waals surface area contributed by atoms with Gasteiger partial charge in [0.25, 0.3) is 0 Å². The highest BCUT2D eigenvalue weighted by atomic mass is 19.4. The summed E-state index contributed by atoms with van der Waals surface area (Å²) in [5.74, 6) is 0.376. The average molecular weight is 274 g/mol. The number of rotatable bonds is 4. The highest BCUT2D eigenvalue weighted by Crippen LogP contribution is 2.36. The minimum absolute atomic E-state index is 0.0877. The van der Waals surface area contributed by atoms with E-state index in [9.17, 15) is 13.2 Å². The molecule has 1 heterocycles. The van der Waals surface area contributed by atoms with Crippen molar-refractivity contribution in [3.8, 4) is 0 Å². The summed E-state index contributed by atoms with van der Waals surface area (Å²) in [5.41, 5.74) is -0.881. The Morgan fingerprint density at radius 1 is 1.26 bits per heavy atom. The molecule has 7 heteroatoms. The molecule has 19 heavy (non-hydrogen) atoms. The second kappa shape index (κ2) is 4.96. The van der Waals surface area contributed by atoms with Crippen LogP contribution in [-0.2, 0) is 6.18 Å². The Kier molecular flexibility index (Phi) is 3.66. The van der Waals surface area contributed by atoms with Crippen LogP contribution in [0.25, 0.3) is 0 Å². The zero-order valence-corrected chi connectivity index (χ0v) is 11.0. The second-order valence-corrected chi connectivity index (χ2v) is 5.13. The fourth-order valence-electron chi connectivity index (χ4n) is 2.20. The Hall–Kier alpha value is -1.37. The van der Waals surface area contributed by atoms with Crippen molar-refractivity contribution in [1.29, 1.82) is 0 Å². The lowest BCUT2D eigenvalue weighted by atomic mass is 9.75. The number of hydrogen-bond acceptors (Lipinski definition) is 4. The number of anilines is 1. The first-order valence-electron chi connectivity index (χ1n) is 6.16. The molecule has 0 saturated heterocycles. The van der Waals surface area contributed by atoms with E-state index >= 15 is 0 Å². The van der Waals surface area contributed by atoms with Gasteiger partial charge in [0, 0.05) is 12.1 Å². The van der Waals surface area contributed by atoms with Crippen molar-refractivity contribution in [2.24, 2.45) is 0 Å². The van der Waals surface area contributed by atoms with Crippen LogP contribution in [0.5, 0.6) is 0 Å². The van der Waals surface area contributed by atoms with Crippen LogP contribution in [0.15, 0.2) is 12.1 Å². The number of nitrogens with one attached hydrogen (secondary N) is 1. The molecule has 1 fully saturated rings. The quantitative estimate of drug-likeness (QED) is 0.915. The van der Waals surface area contributed by atoms with Gasteiger partial charge >= 0.3 is 6.18 Å². The molecular weight excluding hydrogens is 257 g/mol. The number of hydrogen-bond donors (Lipinski definition) is 1. The Labute approximate surface area is 110 Å². The van der Waals surface area contributed by atoms with Crippen LogP contribution in [0.2, 0.25) is 0 Å². The van der Waals surface area contributed by atoms with Gasteiger partial charge in [-0.3, -0.25) is 0 Å². The van der Waals surface area contributed by atoms with Crippen molar-refractivity contribution in [3.63, 3.8) is 0 Å². The van der Waals surface area contributed by atoms with Gasteiger partial charge in [0.1, 0.15) is 5.82 Å². The maximum Gasteiger partial charge on any atom is 0.435 e. The molecule has 0 aromatic carbocycles. The molecule has 1 saturated carbocycles. The minimum Gasteiger partial charge on any atom is -0.367 e. The zero-order chi connectivity index (χ0) is 14.1. The monoisotopic (exact) mass is 274 g/mol. The van der Waals surface area contributed by atoms with Crippen LogP contribution in [0.4, 0.5) is 19.0 Å². The van der Waals surface area contributed by atoms with Crippen LogP contribution < -0.4 is 5.32 Å². The molecule has 1 aliphatic rings. The van der Waals surface area contributed by atoms with Crippen molar-refractivity contribution < 1.29 is 13.2 Å². The highest BCUT2D eigenvalue weighted by Gasteiger charge is 2.39. The van der Waals surface area contributed by atoms with E-state index in [1.807, 2.05) is 14.1 Å². The first-order chi connectivity index (χ1) is 8.83. The van der Waals surface area contributed by atoms with Crippen LogP contribution >= 0.6 is 0 Å². The minimum atomic E-state index is -4.44. The van der Waals surface area contributed by atoms with E-state index < -0.39 is 11.9 Å². The zero-order valence-electron chi connectivity index (χ0n) is 11.0. The van der Waals surface area contributed by atoms with Crippen LogP contribution in [0.1, 0.15) is 25.0 Å². The molecular formula is C12H17F3N4. The van der Waals surface area contributed by atoms with Gasteiger partial charge < -0.3 is 10.2 Å². The molecule has 0 aliphatic heterocycles. The van der Waals surface area contributed by atoms with Crippen LogP contribution in [0, 0.1) is 0 Å². The van der Waals surface area contributed by atoms with Crippen molar-refractivity contribution in [2.45, 2.75) is 31.0 Å². The van der Waals surface area contributed by atoms with Crippen molar-refractivity contribution >= 4 is 5.82 Å². The van der Waals surface area contributed by atoms with E-state index in [2.05, 4.69) is 20.4 Å². The van der Waals surface area contributed by atoms with E-state index in [4.69, 9.17) is 0 Å². The summed E-state index contributed by atoms with van der Waals surface area (Å²) in [4.78, 5) is 2.15. The summed E-state index contributed by atoms with van der Waals surface area (Å²) in [5, 5.41) is 9.82. The van der Waals surface area contributed by atoms with Crippen molar-refractivity contribution in [1.82, 2.24) is 15.1 Å². The number of likely N-dealkylation sites (N-methyl/N-ethyl adjacent to an activating group) is 1. The smallest absolute Gasteiger partial charge is 0.367 e. The topological polar surface area (TPSA) is 41.0 Å². The molecule has 1 N–H and O–H groups in total. The molecule has 1 aromatic heterocycles. The van der Waals surface area contributed by atoms with E-state index in [0.717, 1.165) is 18.9 Å². The average Bonchev–Trinajstić information content (AvgIpc) is 2.26. The predicted molar refractivity (Wildman–Crippen MR) is 65.8 cm³/mol. The first-order valence-corrected chi connectivity index (χ1v) is 6.16. The van der Waals surface area contributed by atoms with E-state index in [1.165, 1.54) is 12.5 Å². The Morgan fingerprint density at radius 3 is 2.32 bits per heavy atom. The van der Waals surface area contributed by atoms with Gasteiger partial charge in [0.2, 0.25) is 0 Å². The molecule has 106 valence electrons. The molecule has 0 unspecified atom stereocenters. The lowest BCUT2D eigenvalue weighted by Crippen LogP contribution is -2.54. The van der Waals surface area contributed by atoms with Gasteiger partial charge in [-0.05, 0) is 45.5 Å². The molecule has 2 rings (SSSR count). The Morgan fingerprint density at radius 2 is 1.95 bits per heavy atom. The van der Waals surface area contributed by atoms with Crippen molar-refractivity contribution in [2.75, 3.05) is 26.0 Å². The van der Waals surface area contributed by atoms with E-state index in [-0.39, 0.29) is 5.54 Å².